The number of hydrogen-bond donors (Lipinski definition) is 1. The topological polar surface area (TPSA) is 52.5 Å². The molecule has 0 radical (unpaired) electrons. The number of β-amino-alcohol motifs (C(OH)–C–C–N with tert-alkyl or cyclic N) is 1. The Morgan fingerprint density at radius 1 is 0.923 bits per heavy atom. The summed E-state index contributed by atoms with van der Waals surface area (Å²) in [5, 5.41) is 21.0. The molecule has 1 aromatic heterocycles. The lowest BCUT2D eigenvalue weighted by Crippen LogP contribution is -2.33. The fraction of sp³-hybridized carbons (Fsp3) is 0.300. The van der Waals surface area contributed by atoms with Crippen LogP contribution in [0.5, 0.6) is 0 Å². The van der Waals surface area contributed by atoms with Crippen LogP contribution in [0.4, 0.5) is 5.13 Å². The number of benzene rings is 2. The van der Waals surface area contributed by atoms with E-state index in [4.69, 9.17) is 0 Å². The molecule has 1 aliphatic rings. The van der Waals surface area contributed by atoms with Gasteiger partial charge < -0.3 is 10.0 Å². The van der Waals surface area contributed by atoms with Crippen molar-refractivity contribution in [1.82, 2.24) is 15.1 Å². The van der Waals surface area contributed by atoms with Crippen LogP contribution >= 0.6 is 11.3 Å². The Morgan fingerprint density at radius 2 is 1.65 bits per heavy atom. The van der Waals surface area contributed by atoms with Crippen molar-refractivity contribution in [3.8, 4) is 10.6 Å². The molecule has 2 aromatic carbocycles. The van der Waals surface area contributed by atoms with E-state index in [0.29, 0.717) is 13.1 Å². The molecule has 0 saturated carbocycles. The van der Waals surface area contributed by atoms with Gasteiger partial charge in [0.25, 0.3) is 0 Å². The molecular formula is C20H22N4OS. The summed E-state index contributed by atoms with van der Waals surface area (Å²) in [7, 11) is 0. The van der Waals surface area contributed by atoms with Crippen molar-refractivity contribution >= 4 is 16.5 Å². The summed E-state index contributed by atoms with van der Waals surface area (Å²) < 4.78 is 0. The fourth-order valence-corrected chi connectivity index (χ4v) is 4.14. The summed E-state index contributed by atoms with van der Waals surface area (Å²) in [6.45, 7) is 3.86. The average Bonchev–Trinajstić information content (AvgIpc) is 3.09. The first-order valence-corrected chi connectivity index (χ1v) is 9.68. The van der Waals surface area contributed by atoms with Gasteiger partial charge in [-0.1, -0.05) is 72.0 Å². The Balaban J connectivity index is 1.45. The number of rotatable bonds is 4. The van der Waals surface area contributed by atoms with Crippen LogP contribution in [0.15, 0.2) is 60.7 Å². The number of hydrogen-bond acceptors (Lipinski definition) is 6. The van der Waals surface area contributed by atoms with Gasteiger partial charge in [-0.15, -0.1) is 10.2 Å². The van der Waals surface area contributed by atoms with Gasteiger partial charge in [0.05, 0.1) is 6.10 Å². The first-order chi connectivity index (χ1) is 12.8. The van der Waals surface area contributed by atoms with Crippen molar-refractivity contribution in [1.29, 1.82) is 0 Å². The van der Waals surface area contributed by atoms with E-state index in [-0.39, 0.29) is 0 Å². The predicted molar refractivity (Wildman–Crippen MR) is 105 cm³/mol. The van der Waals surface area contributed by atoms with Gasteiger partial charge in [0.15, 0.2) is 0 Å². The molecule has 0 aliphatic carbocycles. The standard InChI is InChI=1S/C20H22N4OS/c25-18-14-23(13-16-7-3-1-4-8-16)11-12-24(15-18)20-22-21-19(26-20)17-9-5-2-6-10-17/h1-10,18,25H,11-15H2/t18-/m1/s1. The van der Waals surface area contributed by atoms with E-state index >= 15 is 0 Å². The molecule has 1 saturated heterocycles. The lowest BCUT2D eigenvalue weighted by Gasteiger charge is -2.21. The fourth-order valence-electron chi connectivity index (χ4n) is 3.25. The second-order valence-electron chi connectivity index (χ2n) is 6.58. The van der Waals surface area contributed by atoms with E-state index < -0.39 is 6.10 Å². The molecule has 1 N–H and O–H groups in total. The molecule has 6 heteroatoms. The van der Waals surface area contributed by atoms with E-state index in [1.807, 2.05) is 36.4 Å². The second kappa shape index (κ2) is 7.95. The van der Waals surface area contributed by atoms with Crippen LogP contribution in [0.1, 0.15) is 5.56 Å². The molecule has 0 amide bonds. The third kappa shape index (κ3) is 4.09. The van der Waals surface area contributed by atoms with Gasteiger partial charge in [-0.2, -0.15) is 0 Å². The SMILES string of the molecule is O[C@@H]1CN(Cc2ccccc2)CCN(c2nnc(-c3ccccc3)s2)C1. The third-order valence-electron chi connectivity index (χ3n) is 4.54. The van der Waals surface area contributed by atoms with E-state index in [9.17, 15) is 5.11 Å². The summed E-state index contributed by atoms with van der Waals surface area (Å²) in [5.41, 5.74) is 2.35. The normalized spacial score (nSPS) is 18.7. The summed E-state index contributed by atoms with van der Waals surface area (Å²) in [4.78, 5) is 4.46. The largest absolute Gasteiger partial charge is 0.390 e. The van der Waals surface area contributed by atoms with Crippen LogP contribution in [0.25, 0.3) is 10.6 Å². The van der Waals surface area contributed by atoms with Gasteiger partial charge in [-0.25, -0.2) is 0 Å². The maximum absolute atomic E-state index is 10.5. The monoisotopic (exact) mass is 366 g/mol. The molecule has 1 atom stereocenters. The van der Waals surface area contributed by atoms with Gasteiger partial charge in [0.1, 0.15) is 5.01 Å². The Labute approximate surface area is 157 Å². The van der Waals surface area contributed by atoms with E-state index in [0.717, 1.165) is 35.3 Å². The van der Waals surface area contributed by atoms with Crippen molar-refractivity contribution in [3.05, 3.63) is 66.2 Å². The molecule has 0 unspecified atom stereocenters. The highest BCUT2D eigenvalue weighted by Gasteiger charge is 2.23. The summed E-state index contributed by atoms with van der Waals surface area (Å²) in [6.07, 6.45) is -0.398. The number of aliphatic hydroxyl groups excluding tert-OH is 1. The predicted octanol–water partition coefficient (Wildman–Crippen LogP) is 2.89. The zero-order chi connectivity index (χ0) is 17.8. The minimum absolute atomic E-state index is 0.398. The molecule has 5 nitrogen and oxygen atoms in total. The van der Waals surface area contributed by atoms with Crippen LogP contribution < -0.4 is 4.90 Å². The lowest BCUT2D eigenvalue weighted by atomic mass is 10.2. The Morgan fingerprint density at radius 3 is 2.42 bits per heavy atom. The van der Waals surface area contributed by atoms with E-state index in [1.54, 1.807) is 11.3 Å². The second-order valence-corrected chi connectivity index (χ2v) is 7.53. The Kier molecular flexibility index (Phi) is 5.24. The quantitative estimate of drug-likeness (QED) is 0.769. The molecule has 0 bridgehead atoms. The molecule has 134 valence electrons. The summed E-state index contributed by atoms with van der Waals surface area (Å²) >= 11 is 1.58. The number of nitrogens with zero attached hydrogens (tertiary/aromatic N) is 4. The lowest BCUT2D eigenvalue weighted by molar-refractivity contribution is 0.129. The van der Waals surface area contributed by atoms with Crippen molar-refractivity contribution in [2.24, 2.45) is 0 Å². The van der Waals surface area contributed by atoms with Crippen molar-refractivity contribution in [3.63, 3.8) is 0 Å². The van der Waals surface area contributed by atoms with Gasteiger partial charge in [-0.05, 0) is 5.56 Å². The van der Waals surface area contributed by atoms with Crippen molar-refractivity contribution in [2.45, 2.75) is 12.6 Å². The molecule has 2 heterocycles. The average molecular weight is 366 g/mol. The molecule has 4 rings (SSSR count). The number of aliphatic hydroxyl groups is 1. The van der Waals surface area contributed by atoms with E-state index in [1.165, 1.54) is 5.56 Å². The minimum Gasteiger partial charge on any atom is -0.390 e. The maximum Gasteiger partial charge on any atom is 0.208 e. The Bertz CT molecular complexity index is 824. The molecule has 0 spiro atoms. The van der Waals surface area contributed by atoms with Gasteiger partial charge >= 0.3 is 0 Å². The van der Waals surface area contributed by atoms with E-state index in [2.05, 4.69) is 44.3 Å². The molecule has 26 heavy (non-hydrogen) atoms. The molecule has 1 fully saturated rings. The maximum atomic E-state index is 10.5. The summed E-state index contributed by atoms with van der Waals surface area (Å²) in [6, 6.07) is 20.5. The Hall–Kier alpha value is -2.28. The smallest absolute Gasteiger partial charge is 0.208 e. The van der Waals surface area contributed by atoms with Crippen molar-refractivity contribution in [2.75, 3.05) is 31.1 Å². The van der Waals surface area contributed by atoms with Crippen LogP contribution in [0.3, 0.4) is 0 Å². The highest BCUT2D eigenvalue weighted by atomic mass is 32.1. The van der Waals surface area contributed by atoms with Crippen LogP contribution in [0.2, 0.25) is 0 Å². The van der Waals surface area contributed by atoms with Crippen LogP contribution in [-0.4, -0.2) is 52.5 Å². The zero-order valence-electron chi connectivity index (χ0n) is 14.5. The minimum atomic E-state index is -0.398. The van der Waals surface area contributed by atoms with Gasteiger partial charge in [0, 0.05) is 38.3 Å². The van der Waals surface area contributed by atoms with Crippen LogP contribution in [0, 0.1) is 0 Å². The van der Waals surface area contributed by atoms with Crippen molar-refractivity contribution < 1.29 is 5.11 Å². The number of aromatic nitrogens is 2. The van der Waals surface area contributed by atoms with Gasteiger partial charge in [-0.3, -0.25) is 4.90 Å². The summed E-state index contributed by atoms with van der Waals surface area (Å²) in [5.74, 6) is 0. The first kappa shape index (κ1) is 17.1. The van der Waals surface area contributed by atoms with Crippen LogP contribution in [-0.2, 0) is 6.54 Å². The highest BCUT2D eigenvalue weighted by molar-refractivity contribution is 7.18. The van der Waals surface area contributed by atoms with Gasteiger partial charge in [0.2, 0.25) is 5.13 Å². The third-order valence-corrected chi connectivity index (χ3v) is 5.57. The molecule has 3 aromatic rings. The molecule has 1 aliphatic heterocycles. The highest BCUT2D eigenvalue weighted by Crippen LogP contribution is 2.29. The molecular weight excluding hydrogens is 344 g/mol. The first-order valence-electron chi connectivity index (χ1n) is 8.86. The zero-order valence-corrected chi connectivity index (χ0v) is 15.3. The number of anilines is 1.